The molecule has 1 aromatic carbocycles. The van der Waals surface area contributed by atoms with Crippen LogP contribution in [0.15, 0.2) is 29.6 Å². The number of hydrogen-bond acceptors (Lipinski definition) is 2. The maximum Gasteiger partial charge on any atom is 0.168 e. The van der Waals surface area contributed by atoms with Gasteiger partial charge in [0.05, 0.1) is 17.8 Å². The third-order valence-corrected chi connectivity index (χ3v) is 4.51. The molecule has 0 unspecified atom stereocenters. The summed E-state index contributed by atoms with van der Waals surface area (Å²) in [6.45, 7) is 0. The Morgan fingerprint density at radius 3 is 2.78 bits per heavy atom. The van der Waals surface area contributed by atoms with E-state index in [-0.39, 0.29) is 0 Å². The zero-order valence-electron chi connectivity index (χ0n) is 9.66. The van der Waals surface area contributed by atoms with E-state index >= 15 is 0 Å². The van der Waals surface area contributed by atoms with Crippen molar-refractivity contribution in [1.82, 2.24) is 9.55 Å². The summed E-state index contributed by atoms with van der Waals surface area (Å²) in [6, 6.07) is 5.47. The van der Waals surface area contributed by atoms with Crippen molar-refractivity contribution in [2.45, 2.75) is 16.8 Å². The van der Waals surface area contributed by atoms with Gasteiger partial charge < -0.3 is 4.57 Å². The van der Waals surface area contributed by atoms with Gasteiger partial charge >= 0.3 is 0 Å². The minimum absolute atomic E-state index is 0.460. The summed E-state index contributed by atoms with van der Waals surface area (Å²) in [5.41, 5.74) is 2.00. The van der Waals surface area contributed by atoms with Crippen molar-refractivity contribution in [3.63, 3.8) is 0 Å². The molecule has 0 atom stereocenters. The third kappa shape index (κ3) is 3.15. The van der Waals surface area contributed by atoms with Gasteiger partial charge in [0.1, 0.15) is 0 Å². The van der Waals surface area contributed by atoms with Crippen LogP contribution in [0.1, 0.15) is 11.3 Å². The SMILES string of the molecule is Cn1c(CCl)cnc1SCc1cc(Cl)ccc1Cl. The second kappa shape index (κ2) is 6.20. The van der Waals surface area contributed by atoms with Gasteiger partial charge in [-0.3, -0.25) is 0 Å². The predicted molar refractivity (Wildman–Crippen MR) is 78.8 cm³/mol. The summed E-state index contributed by atoms with van der Waals surface area (Å²) in [6.07, 6.45) is 1.79. The highest BCUT2D eigenvalue weighted by Crippen LogP contribution is 2.28. The van der Waals surface area contributed by atoms with Crippen molar-refractivity contribution in [2.75, 3.05) is 0 Å². The van der Waals surface area contributed by atoms with Crippen LogP contribution >= 0.6 is 46.6 Å². The van der Waals surface area contributed by atoms with Gasteiger partial charge in [0, 0.05) is 22.8 Å². The highest BCUT2D eigenvalue weighted by Gasteiger charge is 2.08. The summed E-state index contributed by atoms with van der Waals surface area (Å²) < 4.78 is 1.98. The Hall–Kier alpha value is -0.350. The number of aromatic nitrogens is 2. The predicted octanol–water partition coefficient (Wildman–Crippen LogP) is 4.76. The number of imidazole rings is 1. The van der Waals surface area contributed by atoms with Crippen molar-refractivity contribution in [3.8, 4) is 0 Å². The Kier molecular flexibility index (Phi) is 4.84. The Bertz CT molecular complexity index is 554. The monoisotopic (exact) mass is 320 g/mol. The van der Waals surface area contributed by atoms with Gasteiger partial charge in [-0.2, -0.15) is 0 Å². The Balaban J connectivity index is 2.11. The van der Waals surface area contributed by atoms with Crippen LogP contribution in [0.3, 0.4) is 0 Å². The molecule has 0 N–H and O–H groups in total. The fraction of sp³-hybridized carbons (Fsp3) is 0.250. The first-order valence-electron chi connectivity index (χ1n) is 5.25. The van der Waals surface area contributed by atoms with Crippen LogP contribution in [0, 0.1) is 0 Å². The molecule has 6 heteroatoms. The van der Waals surface area contributed by atoms with Crippen LogP contribution in [0.4, 0.5) is 0 Å². The van der Waals surface area contributed by atoms with Crippen LogP contribution in [0.2, 0.25) is 10.0 Å². The molecule has 0 radical (unpaired) electrons. The van der Waals surface area contributed by atoms with Gasteiger partial charge in [0.25, 0.3) is 0 Å². The molecular weight excluding hydrogens is 311 g/mol. The lowest BCUT2D eigenvalue weighted by Gasteiger charge is -2.06. The summed E-state index contributed by atoms with van der Waals surface area (Å²) in [4.78, 5) is 4.32. The molecule has 2 nitrogen and oxygen atoms in total. The highest BCUT2D eigenvalue weighted by molar-refractivity contribution is 7.98. The zero-order valence-corrected chi connectivity index (χ0v) is 12.7. The average molecular weight is 322 g/mol. The van der Waals surface area contributed by atoms with Gasteiger partial charge in [-0.1, -0.05) is 35.0 Å². The summed E-state index contributed by atoms with van der Waals surface area (Å²) in [5, 5.41) is 2.33. The second-order valence-electron chi connectivity index (χ2n) is 3.75. The van der Waals surface area contributed by atoms with E-state index in [1.165, 1.54) is 0 Å². The Labute approximate surface area is 125 Å². The normalized spacial score (nSPS) is 10.9. The lowest BCUT2D eigenvalue weighted by atomic mass is 10.2. The molecule has 96 valence electrons. The molecule has 0 aliphatic heterocycles. The van der Waals surface area contributed by atoms with E-state index in [0.717, 1.165) is 27.2 Å². The van der Waals surface area contributed by atoms with Gasteiger partial charge in [-0.25, -0.2) is 4.98 Å². The Morgan fingerprint density at radius 1 is 1.33 bits per heavy atom. The first-order chi connectivity index (χ1) is 8.61. The van der Waals surface area contributed by atoms with Crippen molar-refractivity contribution in [3.05, 3.63) is 45.7 Å². The number of halogens is 3. The van der Waals surface area contributed by atoms with E-state index in [2.05, 4.69) is 4.98 Å². The van der Waals surface area contributed by atoms with Crippen LogP contribution in [-0.2, 0) is 18.7 Å². The molecule has 2 rings (SSSR count). The molecule has 18 heavy (non-hydrogen) atoms. The first kappa shape index (κ1) is 14.1. The molecule has 0 aliphatic carbocycles. The summed E-state index contributed by atoms with van der Waals surface area (Å²) in [5.74, 6) is 1.19. The maximum absolute atomic E-state index is 6.11. The molecule has 1 heterocycles. The van der Waals surface area contributed by atoms with Gasteiger partial charge in [0.2, 0.25) is 0 Å². The quantitative estimate of drug-likeness (QED) is 0.597. The summed E-state index contributed by atoms with van der Waals surface area (Å²) >= 11 is 19.5. The number of alkyl halides is 1. The number of benzene rings is 1. The number of rotatable bonds is 4. The molecule has 0 fully saturated rings. The van der Waals surface area contributed by atoms with Crippen LogP contribution in [-0.4, -0.2) is 9.55 Å². The van der Waals surface area contributed by atoms with E-state index < -0.39 is 0 Å². The molecule has 0 bridgehead atoms. The standard InChI is InChI=1S/C12H11Cl3N2S/c1-17-10(5-13)6-16-12(17)18-7-8-4-9(14)2-3-11(8)15/h2-4,6H,5,7H2,1H3. The van der Waals surface area contributed by atoms with Crippen molar-refractivity contribution in [2.24, 2.45) is 7.05 Å². The fourth-order valence-corrected chi connectivity index (χ4v) is 3.15. The topological polar surface area (TPSA) is 17.8 Å². The molecule has 0 amide bonds. The van der Waals surface area contributed by atoms with Crippen LogP contribution < -0.4 is 0 Å². The molecule has 0 aliphatic rings. The van der Waals surface area contributed by atoms with E-state index in [4.69, 9.17) is 34.8 Å². The lowest BCUT2D eigenvalue weighted by Crippen LogP contribution is -1.95. The summed E-state index contributed by atoms with van der Waals surface area (Å²) in [7, 11) is 1.95. The molecule has 0 saturated carbocycles. The zero-order chi connectivity index (χ0) is 13.1. The largest absolute Gasteiger partial charge is 0.325 e. The van der Waals surface area contributed by atoms with E-state index in [1.54, 1.807) is 24.0 Å². The van der Waals surface area contributed by atoms with Crippen LogP contribution in [0.5, 0.6) is 0 Å². The molecule has 0 saturated heterocycles. The minimum Gasteiger partial charge on any atom is -0.325 e. The number of thioether (sulfide) groups is 1. The van der Waals surface area contributed by atoms with Crippen molar-refractivity contribution >= 4 is 46.6 Å². The minimum atomic E-state index is 0.460. The van der Waals surface area contributed by atoms with Crippen molar-refractivity contribution in [1.29, 1.82) is 0 Å². The molecule has 2 aromatic rings. The highest BCUT2D eigenvalue weighted by atomic mass is 35.5. The lowest BCUT2D eigenvalue weighted by molar-refractivity contribution is 0.761. The maximum atomic E-state index is 6.11. The van der Waals surface area contributed by atoms with E-state index in [0.29, 0.717) is 10.9 Å². The van der Waals surface area contributed by atoms with E-state index in [9.17, 15) is 0 Å². The number of hydrogen-bond donors (Lipinski definition) is 0. The first-order valence-corrected chi connectivity index (χ1v) is 7.52. The smallest absolute Gasteiger partial charge is 0.168 e. The average Bonchev–Trinajstić information content (AvgIpc) is 2.71. The van der Waals surface area contributed by atoms with Gasteiger partial charge in [-0.05, 0) is 23.8 Å². The molecule has 0 spiro atoms. The van der Waals surface area contributed by atoms with E-state index in [1.807, 2.05) is 23.7 Å². The molecular formula is C12H11Cl3N2S. The third-order valence-electron chi connectivity index (χ3n) is 2.54. The van der Waals surface area contributed by atoms with Gasteiger partial charge in [0.15, 0.2) is 5.16 Å². The second-order valence-corrected chi connectivity index (χ2v) is 5.80. The Morgan fingerprint density at radius 2 is 2.11 bits per heavy atom. The molecule has 1 aromatic heterocycles. The number of nitrogens with zero attached hydrogens (tertiary/aromatic N) is 2. The van der Waals surface area contributed by atoms with Crippen molar-refractivity contribution < 1.29 is 0 Å². The van der Waals surface area contributed by atoms with Crippen LogP contribution in [0.25, 0.3) is 0 Å². The fourth-order valence-electron chi connectivity index (χ4n) is 1.48. The van der Waals surface area contributed by atoms with Gasteiger partial charge in [-0.15, -0.1) is 11.6 Å².